The highest BCUT2D eigenvalue weighted by Crippen LogP contribution is 2.24. The van der Waals surface area contributed by atoms with E-state index in [1.165, 1.54) is 0 Å². The summed E-state index contributed by atoms with van der Waals surface area (Å²) in [5, 5.41) is 13.2. The Bertz CT molecular complexity index is 524. The molecule has 1 fully saturated rings. The average Bonchev–Trinajstić information content (AvgIpc) is 2.85. The Morgan fingerprint density at radius 1 is 1.43 bits per heavy atom. The predicted octanol–water partition coefficient (Wildman–Crippen LogP) is 1.84. The van der Waals surface area contributed by atoms with Crippen molar-refractivity contribution in [2.75, 3.05) is 6.54 Å². The first-order valence-electron chi connectivity index (χ1n) is 7.58. The van der Waals surface area contributed by atoms with E-state index in [0.717, 1.165) is 31.4 Å². The fraction of sp³-hybridized carbons (Fsp3) is 0.667. The normalized spacial score (nSPS) is 18.8. The number of carbonyl (C=O) groups excluding carboxylic acids is 1. The lowest BCUT2D eigenvalue weighted by molar-refractivity contribution is -0.137. The summed E-state index contributed by atoms with van der Waals surface area (Å²) < 4.78 is 1.67. The van der Waals surface area contributed by atoms with Gasteiger partial charge < -0.3 is 10.0 Å². The lowest BCUT2D eigenvalue weighted by atomic mass is 9.97. The van der Waals surface area contributed by atoms with Gasteiger partial charge >= 0.3 is 5.97 Å². The van der Waals surface area contributed by atoms with Gasteiger partial charge in [-0.05, 0) is 32.1 Å². The number of amides is 1. The molecule has 1 N–H and O–H groups in total. The molecule has 1 aliphatic rings. The van der Waals surface area contributed by atoms with E-state index in [9.17, 15) is 9.59 Å². The molecule has 6 heteroatoms. The minimum Gasteiger partial charge on any atom is -0.481 e. The van der Waals surface area contributed by atoms with Crippen LogP contribution in [0.4, 0.5) is 0 Å². The monoisotopic (exact) mass is 293 g/mol. The zero-order valence-electron chi connectivity index (χ0n) is 12.7. The molecule has 0 aromatic carbocycles. The van der Waals surface area contributed by atoms with Crippen molar-refractivity contribution in [1.82, 2.24) is 14.7 Å². The third kappa shape index (κ3) is 3.62. The summed E-state index contributed by atoms with van der Waals surface area (Å²) in [7, 11) is 1.81. The van der Waals surface area contributed by atoms with E-state index in [4.69, 9.17) is 5.11 Å². The summed E-state index contributed by atoms with van der Waals surface area (Å²) in [6.45, 7) is 2.69. The topological polar surface area (TPSA) is 75.4 Å². The van der Waals surface area contributed by atoms with Crippen LogP contribution in [0, 0.1) is 0 Å². The Morgan fingerprint density at radius 2 is 2.19 bits per heavy atom. The van der Waals surface area contributed by atoms with Gasteiger partial charge in [0.15, 0.2) is 0 Å². The summed E-state index contributed by atoms with van der Waals surface area (Å²) in [5.41, 5.74) is 1.47. The van der Waals surface area contributed by atoms with Crippen molar-refractivity contribution in [3.63, 3.8) is 0 Å². The van der Waals surface area contributed by atoms with Crippen LogP contribution in [0.25, 0.3) is 0 Å². The number of carbonyl (C=O) groups is 2. The molecule has 1 atom stereocenters. The van der Waals surface area contributed by atoms with Gasteiger partial charge in [-0.2, -0.15) is 5.10 Å². The summed E-state index contributed by atoms with van der Waals surface area (Å²) >= 11 is 0. The number of hydrogen-bond donors (Lipinski definition) is 1. The number of piperidine rings is 1. The van der Waals surface area contributed by atoms with Crippen LogP contribution in [-0.2, 0) is 18.3 Å². The maximum Gasteiger partial charge on any atom is 0.303 e. The van der Waals surface area contributed by atoms with Crippen LogP contribution in [0.5, 0.6) is 0 Å². The van der Waals surface area contributed by atoms with E-state index < -0.39 is 5.97 Å². The van der Waals surface area contributed by atoms with Crippen molar-refractivity contribution in [3.05, 3.63) is 17.5 Å². The highest BCUT2D eigenvalue weighted by molar-refractivity contribution is 5.95. The van der Waals surface area contributed by atoms with E-state index in [1.807, 2.05) is 18.9 Å². The molecule has 116 valence electrons. The largest absolute Gasteiger partial charge is 0.481 e. The minimum atomic E-state index is -0.802. The standard InChI is InChI=1S/C15H23N3O3/c1-3-13-12(10-17(2)16-13)15(21)18-9-5-4-6-11(18)7-8-14(19)20/h10-11H,3-9H2,1-2H3,(H,19,20). The summed E-state index contributed by atoms with van der Waals surface area (Å²) in [4.78, 5) is 25.4. The molecule has 1 aliphatic heterocycles. The molecule has 0 bridgehead atoms. The van der Waals surface area contributed by atoms with Crippen LogP contribution in [0.2, 0.25) is 0 Å². The third-order valence-corrected chi connectivity index (χ3v) is 4.05. The zero-order chi connectivity index (χ0) is 15.4. The first-order valence-corrected chi connectivity index (χ1v) is 7.58. The summed E-state index contributed by atoms with van der Waals surface area (Å²) in [6, 6.07) is 0.0345. The number of aliphatic carboxylic acids is 1. The molecule has 0 spiro atoms. The number of aromatic nitrogens is 2. The molecule has 1 unspecified atom stereocenters. The van der Waals surface area contributed by atoms with Crippen molar-refractivity contribution in [2.45, 2.75) is 51.5 Å². The fourth-order valence-corrected chi connectivity index (χ4v) is 2.99. The van der Waals surface area contributed by atoms with E-state index in [1.54, 1.807) is 10.9 Å². The second kappa shape index (κ2) is 6.74. The Hall–Kier alpha value is -1.85. The number of carboxylic acids is 1. The van der Waals surface area contributed by atoms with Gasteiger partial charge in [-0.15, -0.1) is 0 Å². The fourth-order valence-electron chi connectivity index (χ4n) is 2.99. The van der Waals surface area contributed by atoms with Crippen molar-refractivity contribution in [2.24, 2.45) is 7.05 Å². The number of likely N-dealkylation sites (tertiary alicyclic amines) is 1. The van der Waals surface area contributed by atoms with Gasteiger partial charge in [0.2, 0.25) is 0 Å². The Labute approximate surface area is 124 Å². The second-order valence-corrected chi connectivity index (χ2v) is 5.60. The number of hydrogen-bond acceptors (Lipinski definition) is 3. The van der Waals surface area contributed by atoms with Crippen molar-refractivity contribution < 1.29 is 14.7 Å². The highest BCUT2D eigenvalue weighted by atomic mass is 16.4. The van der Waals surface area contributed by atoms with Crippen LogP contribution in [0.15, 0.2) is 6.20 Å². The Balaban J connectivity index is 2.15. The molecule has 1 amide bonds. The van der Waals surface area contributed by atoms with Crippen molar-refractivity contribution >= 4 is 11.9 Å². The molecular weight excluding hydrogens is 270 g/mol. The number of nitrogens with zero attached hydrogens (tertiary/aromatic N) is 3. The second-order valence-electron chi connectivity index (χ2n) is 5.60. The van der Waals surface area contributed by atoms with Gasteiger partial charge in [0.1, 0.15) is 0 Å². The summed E-state index contributed by atoms with van der Waals surface area (Å²) in [6.07, 6.45) is 6.06. The van der Waals surface area contributed by atoms with E-state index in [2.05, 4.69) is 5.10 Å². The van der Waals surface area contributed by atoms with E-state index >= 15 is 0 Å². The molecule has 2 heterocycles. The van der Waals surface area contributed by atoms with E-state index in [0.29, 0.717) is 18.5 Å². The van der Waals surface area contributed by atoms with Gasteiger partial charge in [0.05, 0.1) is 11.3 Å². The molecule has 21 heavy (non-hydrogen) atoms. The smallest absolute Gasteiger partial charge is 0.303 e. The molecule has 2 rings (SSSR count). The van der Waals surface area contributed by atoms with Gasteiger partial charge in [0, 0.05) is 32.3 Å². The van der Waals surface area contributed by atoms with Crippen LogP contribution in [-0.4, -0.2) is 44.3 Å². The number of carboxylic acid groups (broad SMARTS) is 1. The first kappa shape index (κ1) is 15.5. The van der Waals surface area contributed by atoms with Crippen LogP contribution < -0.4 is 0 Å². The van der Waals surface area contributed by atoms with Gasteiger partial charge in [-0.25, -0.2) is 0 Å². The van der Waals surface area contributed by atoms with Gasteiger partial charge in [-0.1, -0.05) is 6.92 Å². The van der Waals surface area contributed by atoms with Crippen molar-refractivity contribution in [3.8, 4) is 0 Å². The molecule has 0 aliphatic carbocycles. The van der Waals surface area contributed by atoms with Crippen LogP contribution in [0.3, 0.4) is 0 Å². The Kier molecular flexibility index (Phi) is 4.98. The molecule has 1 aromatic heterocycles. The van der Waals surface area contributed by atoms with Gasteiger partial charge in [0.25, 0.3) is 5.91 Å². The van der Waals surface area contributed by atoms with Gasteiger partial charge in [-0.3, -0.25) is 14.3 Å². The predicted molar refractivity (Wildman–Crippen MR) is 78.1 cm³/mol. The van der Waals surface area contributed by atoms with Crippen LogP contribution in [0.1, 0.15) is 55.1 Å². The quantitative estimate of drug-likeness (QED) is 0.899. The number of aryl methyl sites for hydroxylation is 2. The highest BCUT2D eigenvalue weighted by Gasteiger charge is 2.29. The minimum absolute atomic E-state index is 0.00459. The lowest BCUT2D eigenvalue weighted by Gasteiger charge is -2.35. The third-order valence-electron chi connectivity index (χ3n) is 4.05. The van der Waals surface area contributed by atoms with E-state index in [-0.39, 0.29) is 18.4 Å². The molecule has 0 saturated carbocycles. The first-order chi connectivity index (χ1) is 10.0. The number of rotatable bonds is 5. The molecule has 6 nitrogen and oxygen atoms in total. The molecule has 0 radical (unpaired) electrons. The molecule has 1 aromatic rings. The maximum atomic E-state index is 12.8. The molecule has 1 saturated heterocycles. The zero-order valence-corrected chi connectivity index (χ0v) is 12.7. The summed E-state index contributed by atoms with van der Waals surface area (Å²) in [5.74, 6) is -0.807. The average molecular weight is 293 g/mol. The molecular formula is C15H23N3O3. The van der Waals surface area contributed by atoms with Crippen molar-refractivity contribution in [1.29, 1.82) is 0 Å². The maximum absolute atomic E-state index is 12.8. The SMILES string of the molecule is CCc1nn(C)cc1C(=O)N1CCCCC1CCC(=O)O. The lowest BCUT2D eigenvalue weighted by Crippen LogP contribution is -2.44. The Morgan fingerprint density at radius 3 is 2.86 bits per heavy atom. The van der Waals surface area contributed by atoms with Crippen LogP contribution >= 0.6 is 0 Å².